The number of rotatable bonds is 6. The van der Waals surface area contributed by atoms with E-state index in [0.717, 1.165) is 5.56 Å². The molecular weight excluding hydrogens is 244 g/mol. The van der Waals surface area contributed by atoms with Gasteiger partial charge in [0.05, 0.1) is 0 Å². The monoisotopic (exact) mass is 264 g/mol. The number of benzene rings is 1. The fourth-order valence-corrected chi connectivity index (χ4v) is 1.55. The maximum absolute atomic E-state index is 11.2. The number of nitrogens with one attached hydrogen (secondary N) is 2. The van der Waals surface area contributed by atoms with E-state index in [1.807, 2.05) is 12.1 Å². The van der Waals surface area contributed by atoms with Crippen LogP contribution in [0.4, 0.5) is 4.79 Å². The molecule has 0 radical (unpaired) electrons. The average molecular weight is 264 g/mol. The molecule has 0 spiro atoms. The molecule has 0 aliphatic carbocycles. The summed E-state index contributed by atoms with van der Waals surface area (Å²) in [5.41, 5.74) is 6.66. The molecule has 19 heavy (non-hydrogen) atoms. The van der Waals surface area contributed by atoms with E-state index in [1.54, 1.807) is 26.2 Å². The largest absolute Gasteiger partial charge is 0.366 e. The van der Waals surface area contributed by atoms with Crippen LogP contribution >= 0.6 is 0 Å². The molecule has 0 atom stereocenters. The minimum absolute atomic E-state index is 0.126. The van der Waals surface area contributed by atoms with Crippen LogP contribution in [0.1, 0.15) is 15.9 Å². The molecule has 0 aromatic heterocycles. The first-order valence-corrected chi connectivity index (χ1v) is 6.06. The summed E-state index contributed by atoms with van der Waals surface area (Å²) in [7, 11) is 3.37. The Labute approximate surface area is 113 Å². The number of hydrogen-bond donors (Lipinski definition) is 3. The van der Waals surface area contributed by atoms with Crippen LogP contribution in [0, 0.1) is 0 Å². The SMILES string of the molecule is CN(C)C(=O)NCCNCc1ccccc1C(N)=O. The Morgan fingerprint density at radius 1 is 1.21 bits per heavy atom. The maximum Gasteiger partial charge on any atom is 0.316 e. The molecule has 6 heteroatoms. The third-order valence-corrected chi connectivity index (χ3v) is 2.58. The van der Waals surface area contributed by atoms with Crippen molar-refractivity contribution in [3.8, 4) is 0 Å². The number of amides is 3. The predicted molar refractivity (Wildman–Crippen MR) is 73.8 cm³/mol. The van der Waals surface area contributed by atoms with E-state index in [-0.39, 0.29) is 6.03 Å². The number of carbonyl (C=O) groups is 2. The molecule has 0 fully saturated rings. The fraction of sp³-hybridized carbons (Fsp3) is 0.385. The molecule has 1 rings (SSSR count). The lowest BCUT2D eigenvalue weighted by Gasteiger charge is -2.12. The van der Waals surface area contributed by atoms with E-state index in [0.29, 0.717) is 25.2 Å². The standard InChI is InChI=1S/C13H20N4O2/c1-17(2)13(19)16-8-7-15-9-10-5-3-4-6-11(10)12(14)18/h3-6,15H,7-9H2,1-2H3,(H2,14,18)(H,16,19). The van der Waals surface area contributed by atoms with Crippen LogP contribution in [0.15, 0.2) is 24.3 Å². The van der Waals surface area contributed by atoms with E-state index in [1.165, 1.54) is 4.90 Å². The Bertz CT molecular complexity index is 446. The molecule has 4 N–H and O–H groups in total. The second-order valence-electron chi connectivity index (χ2n) is 4.32. The number of hydrogen-bond acceptors (Lipinski definition) is 3. The van der Waals surface area contributed by atoms with Gasteiger partial charge in [-0.25, -0.2) is 4.79 Å². The Kier molecular flexibility index (Phi) is 5.81. The Hall–Kier alpha value is -2.08. The topological polar surface area (TPSA) is 87.5 Å². The van der Waals surface area contributed by atoms with Crippen molar-refractivity contribution < 1.29 is 9.59 Å². The summed E-state index contributed by atoms with van der Waals surface area (Å²) < 4.78 is 0. The first-order chi connectivity index (χ1) is 9.02. The molecule has 0 unspecified atom stereocenters. The minimum atomic E-state index is -0.432. The average Bonchev–Trinajstić information content (AvgIpc) is 2.38. The van der Waals surface area contributed by atoms with E-state index >= 15 is 0 Å². The van der Waals surface area contributed by atoms with Gasteiger partial charge >= 0.3 is 6.03 Å². The molecule has 0 saturated carbocycles. The zero-order valence-electron chi connectivity index (χ0n) is 11.3. The van der Waals surface area contributed by atoms with E-state index in [9.17, 15) is 9.59 Å². The van der Waals surface area contributed by atoms with Gasteiger partial charge in [-0.1, -0.05) is 18.2 Å². The summed E-state index contributed by atoms with van der Waals surface area (Å²) in [5, 5.41) is 5.89. The summed E-state index contributed by atoms with van der Waals surface area (Å²) in [6, 6.07) is 7.07. The first kappa shape index (κ1) is 15.0. The summed E-state index contributed by atoms with van der Waals surface area (Å²) in [4.78, 5) is 23.9. The number of primary amides is 1. The molecule has 0 aliphatic rings. The Balaban J connectivity index is 2.34. The lowest BCUT2D eigenvalue weighted by molar-refractivity contribution is 0.0999. The van der Waals surface area contributed by atoms with Crippen LogP contribution in [0.5, 0.6) is 0 Å². The number of nitrogens with two attached hydrogens (primary N) is 1. The molecule has 104 valence electrons. The highest BCUT2D eigenvalue weighted by Crippen LogP contribution is 2.07. The molecular formula is C13H20N4O2. The van der Waals surface area contributed by atoms with Gasteiger partial charge in [-0.05, 0) is 11.6 Å². The van der Waals surface area contributed by atoms with Crippen molar-refractivity contribution in [3.05, 3.63) is 35.4 Å². The van der Waals surface area contributed by atoms with Gasteiger partial charge in [-0.15, -0.1) is 0 Å². The second-order valence-corrected chi connectivity index (χ2v) is 4.32. The van der Waals surface area contributed by atoms with E-state index in [2.05, 4.69) is 10.6 Å². The van der Waals surface area contributed by atoms with Gasteiger partial charge in [0.25, 0.3) is 0 Å². The number of carbonyl (C=O) groups excluding carboxylic acids is 2. The lowest BCUT2D eigenvalue weighted by Crippen LogP contribution is -2.38. The van der Waals surface area contributed by atoms with Gasteiger partial charge in [-0.3, -0.25) is 4.79 Å². The van der Waals surface area contributed by atoms with Gasteiger partial charge in [0, 0.05) is 39.3 Å². The van der Waals surface area contributed by atoms with Crippen molar-refractivity contribution >= 4 is 11.9 Å². The van der Waals surface area contributed by atoms with Gasteiger partial charge in [0.1, 0.15) is 0 Å². The van der Waals surface area contributed by atoms with Crippen molar-refractivity contribution in [2.24, 2.45) is 5.73 Å². The summed E-state index contributed by atoms with van der Waals surface area (Å²) in [5.74, 6) is -0.432. The highest BCUT2D eigenvalue weighted by Gasteiger charge is 2.06. The maximum atomic E-state index is 11.2. The number of urea groups is 1. The predicted octanol–water partition coefficient (Wildman–Crippen LogP) is 0.146. The molecule has 3 amide bonds. The van der Waals surface area contributed by atoms with Crippen LogP contribution in [-0.2, 0) is 6.54 Å². The first-order valence-electron chi connectivity index (χ1n) is 6.06. The quantitative estimate of drug-likeness (QED) is 0.639. The van der Waals surface area contributed by atoms with Gasteiger partial charge in [0.15, 0.2) is 0 Å². The second kappa shape index (κ2) is 7.38. The molecule has 0 saturated heterocycles. The summed E-state index contributed by atoms with van der Waals surface area (Å²) >= 11 is 0. The normalized spacial score (nSPS) is 10.0. The van der Waals surface area contributed by atoms with Gasteiger partial charge in [0.2, 0.25) is 5.91 Å². The molecule has 6 nitrogen and oxygen atoms in total. The van der Waals surface area contributed by atoms with E-state index < -0.39 is 5.91 Å². The lowest BCUT2D eigenvalue weighted by atomic mass is 10.1. The van der Waals surface area contributed by atoms with Crippen molar-refractivity contribution in [1.82, 2.24) is 15.5 Å². The highest BCUT2D eigenvalue weighted by atomic mass is 16.2. The van der Waals surface area contributed by atoms with Crippen molar-refractivity contribution in [3.63, 3.8) is 0 Å². The number of nitrogens with zero attached hydrogens (tertiary/aromatic N) is 1. The van der Waals surface area contributed by atoms with Crippen LogP contribution in [-0.4, -0.2) is 44.0 Å². The molecule has 1 aromatic carbocycles. The summed E-state index contributed by atoms with van der Waals surface area (Å²) in [6.07, 6.45) is 0. The zero-order valence-corrected chi connectivity index (χ0v) is 11.3. The summed E-state index contributed by atoms with van der Waals surface area (Å²) in [6.45, 7) is 1.68. The van der Waals surface area contributed by atoms with Gasteiger partial charge in [-0.2, -0.15) is 0 Å². The highest BCUT2D eigenvalue weighted by molar-refractivity contribution is 5.94. The van der Waals surface area contributed by atoms with Crippen LogP contribution in [0.3, 0.4) is 0 Å². The van der Waals surface area contributed by atoms with Crippen LogP contribution in [0.2, 0.25) is 0 Å². The Morgan fingerprint density at radius 2 is 1.89 bits per heavy atom. The minimum Gasteiger partial charge on any atom is -0.366 e. The smallest absolute Gasteiger partial charge is 0.316 e. The third-order valence-electron chi connectivity index (χ3n) is 2.58. The van der Waals surface area contributed by atoms with Gasteiger partial charge < -0.3 is 21.3 Å². The third kappa shape index (κ3) is 4.97. The van der Waals surface area contributed by atoms with Crippen LogP contribution in [0.25, 0.3) is 0 Å². The van der Waals surface area contributed by atoms with Crippen molar-refractivity contribution in [2.75, 3.05) is 27.2 Å². The molecule has 0 bridgehead atoms. The molecule has 0 heterocycles. The van der Waals surface area contributed by atoms with E-state index in [4.69, 9.17) is 5.73 Å². The van der Waals surface area contributed by atoms with Crippen molar-refractivity contribution in [1.29, 1.82) is 0 Å². The van der Waals surface area contributed by atoms with Crippen molar-refractivity contribution in [2.45, 2.75) is 6.54 Å². The fourth-order valence-electron chi connectivity index (χ4n) is 1.55. The Morgan fingerprint density at radius 3 is 2.53 bits per heavy atom. The van der Waals surface area contributed by atoms with Crippen LogP contribution < -0.4 is 16.4 Å². The molecule has 0 aliphatic heterocycles. The zero-order chi connectivity index (χ0) is 14.3. The molecule has 1 aromatic rings.